The Kier molecular flexibility index (Phi) is 5.23. The predicted octanol–water partition coefficient (Wildman–Crippen LogP) is 1.92. The Morgan fingerprint density at radius 2 is 2.11 bits per heavy atom. The summed E-state index contributed by atoms with van der Waals surface area (Å²) in [5, 5.41) is 3.38. The topological polar surface area (TPSA) is 37.6 Å². The molecule has 0 saturated carbocycles. The van der Waals surface area contributed by atoms with Gasteiger partial charge < -0.3 is 14.5 Å². The Balaban J connectivity index is 1.86. The number of nitrogens with zero attached hydrogens (tertiary/aromatic N) is 1. The van der Waals surface area contributed by atoms with Gasteiger partial charge in [-0.25, -0.2) is 0 Å². The van der Waals surface area contributed by atoms with Crippen molar-refractivity contribution in [2.45, 2.75) is 33.4 Å². The van der Waals surface area contributed by atoms with Crippen molar-refractivity contribution in [3.05, 3.63) is 23.2 Å². The molecule has 1 fully saturated rings. The van der Waals surface area contributed by atoms with E-state index < -0.39 is 0 Å². The number of aryl methyl sites for hydroxylation is 1. The summed E-state index contributed by atoms with van der Waals surface area (Å²) in [6.07, 6.45) is 1.15. The molecule has 18 heavy (non-hydrogen) atoms. The van der Waals surface area contributed by atoms with Crippen LogP contribution in [0.3, 0.4) is 0 Å². The third-order valence-corrected chi connectivity index (χ3v) is 3.27. The summed E-state index contributed by atoms with van der Waals surface area (Å²) in [6, 6.07) is 2.17. The van der Waals surface area contributed by atoms with E-state index in [4.69, 9.17) is 9.15 Å². The second kappa shape index (κ2) is 6.92. The molecular weight excluding hydrogens is 228 g/mol. The average Bonchev–Trinajstić information content (AvgIpc) is 2.71. The molecule has 1 aromatic rings. The zero-order valence-corrected chi connectivity index (χ0v) is 11.5. The Hall–Kier alpha value is -0.840. The molecule has 4 nitrogen and oxygen atoms in total. The van der Waals surface area contributed by atoms with Gasteiger partial charge in [0, 0.05) is 13.1 Å². The van der Waals surface area contributed by atoms with Gasteiger partial charge in [0.25, 0.3) is 0 Å². The molecule has 0 aliphatic carbocycles. The fourth-order valence-corrected chi connectivity index (χ4v) is 2.20. The van der Waals surface area contributed by atoms with Crippen LogP contribution in [0, 0.1) is 6.92 Å². The molecule has 1 N–H and O–H groups in total. The van der Waals surface area contributed by atoms with Crippen LogP contribution in [0.5, 0.6) is 0 Å². The zero-order chi connectivity index (χ0) is 12.8. The number of hydrogen-bond acceptors (Lipinski definition) is 4. The van der Waals surface area contributed by atoms with Crippen molar-refractivity contribution < 1.29 is 9.15 Å². The van der Waals surface area contributed by atoms with Crippen LogP contribution in [0.2, 0.25) is 0 Å². The standard InChI is InChI=1S/C14H24N2O2/c1-3-4-15-10-14-12(2)9-13(18-14)11-16-5-7-17-8-6-16/h9,15H,3-8,10-11H2,1-2H3. The van der Waals surface area contributed by atoms with Gasteiger partial charge in [-0.2, -0.15) is 0 Å². The molecule has 2 heterocycles. The van der Waals surface area contributed by atoms with Gasteiger partial charge in [-0.1, -0.05) is 6.92 Å². The molecular formula is C14H24N2O2. The average molecular weight is 252 g/mol. The van der Waals surface area contributed by atoms with Crippen molar-refractivity contribution in [1.29, 1.82) is 0 Å². The molecule has 0 aromatic carbocycles. The minimum absolute atomic E-state index is 0.836. The summed E-state index contributed by atoms with van der Waals surface area (Å²) in [5.74, 6) is 2.15. The van der Waals surface area contributed by atoms with E-state index in [0.717, 1.165) is 63.9 Å². The number of nitrogens with one attached hydrogen (secondary N) is 1. The highest BCUT2D eigenvalue weighted by atomic mass is 16.5. The van der Waals surface area contributed by atoms with Gasteiger partial charge in [0.05, 0.1) is 26.3 Å². The van der Waals surface area contributed by atoms with Crippen molar-refractivity contribution in [2.75, 3.05) is 32.8 Å². The number of rotatable bonds is 6. The highest BCUT2D eigenvalue weighted by Crippen LogP contribution is 2.16. The summed E-state index contributed by atoms with van der Waals surface area (Å²) >= 11 is 0. The highest BCUT2D eigenvalue weighted by molar-refractivity contribution is 5.20. The normalized spacial score (nSPS) is 17.2. The lowest BCUT2D eigenvalue weighted by atomic mass is 10.2. The van der Waals surface area contributed by atoms with Crippen LogP contribution in [0.1, 0.15) is 30.4 Å². The molecule has 0 bridgehead atoms. The van der Waals surface area contributed by atoms with Gasteiger partial charge in [-0.05, 0) is 31.5 Å². The number of ether oxygens (including phenoxy) is 1. The third-order valence-electron chi connectivity index (χ3n) is 3.27. The van der Waals surface area contributed by atoms with E-state index in [1.54, 1.807) is 0 Å². The van der Waals surface area contributed by atoms with E-state index in [9.17, 15) is 0 Å². The van der Waals surface area contributed by atoms with E-state index in [1.165, 1.54) is 5.56 Å². The van der Waals surface area contributed by atoms with E-state index in [1.807, 2.05) is 0 Å². The summed E-state index contributed by atoms with van der Waals surface area (Å²) < 4.78 is 11.3. The first-order valence-corrected chi connectivity index (χ1v) is 6.88. The maximum Gasteiger partial charge on any atom is 0.120 e. The number of morpholine rings is 1. The lowest BCUT2D eigenvalue weighted by Crippen LogP contribution is -2.35. The van der Waals surface area contributed by atoms with Gasteiger partial charge in [0.2, 0.25) is 0 Å². The molecule has 2 rings (SSSR count). The third kappa shape index (κ3) is 3.83. The van der Waals surface area contributed by atoms with E-state index in [2.05, 4.69) is 30.1 Å². The Bertz CT molecular complexity index is 357. The molecule has 0 unspecified atom stereocenters. The molecule has 0 atom stereocenters. The Labute approximate surface area is 109 Å². The molecule has 0 radical (unpaired) electrons. The molecule has 102 valence electrons. The number of furan rings is 1. The van der Waals surface area contributed by atoms with Gasteiger partial charge in [-0.3, -0.25) is 4.90 Å². The smallest absolute Gasteiger partial charge is 0.120 e. The maximum atomic E-state index is 5.92. The molecule has 0 spiro atoms. The van der Waals surface area contributed by atoms with Crippen LogP contribution < -0.4 is 5.32 Å². The van der Waals surface area contributed by atoms with E-state index in [0.29, 0.717) is 0 Å². The predicted molar refractivity (Wildman–Crippen MR) is 71.5 cm³/mol. The highest BCUT2D eigenvalue weighted by Gasteiger charge is 2.14. The zero-order valence-electron chi connectivity index (χ0n) is 11.5. The summed E-state index contributed by atoms with van der Waals surface area (Å²) in [6.45, 7) is 10.8. The minimum Gasteiger partial charge on any atom is -0.463 e. The Morgan fingerprint density at radius 1 is 1.33 bits per heavy atom. The molecule has 4 heteroatoms. The summed E-state index contributed by atoms with van der Waals surface area (Å²) in [4.78, 5) is 2.38. The van der Waals surface area contributed by atoms with Crippen LogP contribution in [-0.4, -0.2) is 37.7 Å². The maximum absolute atomic E-state index is 5.92. The van der Waals surface area contributed by atoms with Crippen molar-refractivity contribution >= 4 is 0 Å². The lowest BCUT2D eigenvalue weighted by molar-refractivity contribution is 0.0312. The SMILES string of the molecule is CCCNCc1oc(CN2CCOCC2)cc1C. The van der Waals surface area contributed by atoms with Gasteiger partial charge in [0.1, 0.15) is 11.5 Å². The first-order valence-electron chi connectivity index (χ1n) is 6.88. The molecule has 1 aliphatic heterocycles. The van der Waals surface area contributed by atoms with Crippen LogP contribution in [0.4, 0.5) is 0 Å². The van der Waals surface area contributed by atoms with Crippen molar-refractivity contribution in [2.24, 2.45) is 0 Å². The molecule has 1 aromatic heterocycles. The van der Waals surface area contributed by atoms with Crippen molar-refractivity contribution in [1.82, 2.24) is 10.2 Å². The van der Waals surface area contributed by atoms with E-state index >= 15 is 0 Å². The summed E-state index contributed by atoms with van der Waals surface area (Å²) in [5.41, 5.74) is 1.25. The quantitative estimate of drug-likeness (QED) is 0.785. The van der Waals surface area contributed by atoms with Crippen molar-refractivity contribution in [3.63, 3.8) is 0 Å². The lowest BCUT2D eigenvalue weighted by Gasteiger charge is -2.25. The summed E-state index contributed by atoms with van der Waals surface area (Å²) in [7, 11) is 0. The second-order valence-electron chi connectivity index (χ2n) is 4.88. The minimum atomic E-state index is 0.836. The fourth-order valence-electron chi connectivity index (χ4n) is 2.20. The fraction of sp³-hybridized carbons (Fsp3) is 0.714. The first kappa shape index (κ1) is 13.6. The van der Waals surface area contributed by atoms with Crippen LogP contribution in [0.15, 0.2) is 10.5 Å². The second-order valence-corrected chi connectivity index (χ2v) is 4.88. The van der Waals surface area contributed by atoms with Gasteiger partial charge in [-0.15, -0.1) is 0 Å². The monoisotopic (exact) mass is 252 g/mol. The molecule has 1 saturated heterocycles. The first-order chi connectivity index (χ1) is 8.79. The van der Waals surface area contributed by atoms with Crippen LogP contribution in [-0.2, 0) is 17.8 Å². The largest absolute Gasteiger partial charge is 0.463 e. The number of hydrogen-bond donors (Lipinski definition) is 1. The van der Waals surface area contributed by atoms with Crippen molar-refractivity contribution in [3.8, 4) is 0 Å². The van der Waals surface area contributed by atoms with Gasteiger partial charge in [0.15, 0.2) is 0 Å². The molecule has 0 amide bonds. The van der Waals surface area contributed by atoms with Gasteiger partial charge >= 0.3 is 0 Å². The molecule has 1 aliphatic rings. The van der Waals surface area contributed by atoms with E-state index in [-0.39, 0.29) is 0 Å². The van der Waals surface area contributed by atoms with Crippen LogP contribution >= 0.6 is 0 Å². The van der Waals surface area contributed by atoms with Crippen LogP contribution in [0.25, 0.3) is 0 Å². The Morgan fingerprint density at radius 3 is 2.83 bits per heavy atom.